The Labute approximate surface area is 151 Å². The van der Waals surface area contributed by atoms with Gasteiger partial charge in [0.15, 0.2) is 0 Å². The predicted molar refractivity (Wildman–Crippen MR) is 96.5 cm³/mol. The van der Waals surface area contributed by atoms with E-state index in [1.165, 1.54) is 0 Å². The van der Waals surface area contributed by atoms with Gasteiger partial charge in [0.1, 0.15) is 9.52 Å². The predicted octanol–water partition coefficient (Wildman–Crippen LogP) is 2.44. The third-order valence-electron chi connectivity index (χ3n) is 3.98. The highest BCUT2D eigenvalue weighted by Crippen LogP contribution is 2.23. The number of aryl methyl sites for hydroxylation is 1. The number of esters is 1. The Morgan fingerprint density at radius 1 is 1.43 bits per heavy atom. The van der Waals surface area contributed by atoms with Crippen molar-refractivity contribution in [3.05, 3.63) is 15.6 Å². The Balaban J connectivity index is 1.95. The maximum Gasteiger partial charge on any atom is 0.309 e. The van der Waals surface area contributed by atoms with Crippen LogP contribution in [0.1, 0.15) is 31.9 Å². The summed E-state index contributed by atoms with van der Waals surface area (Å²) in [7, 11) is 1.71. The van der Waals surface area contributed by atoms with Crippen molar-refractivity contribution in [2.45, 2.75) is 32.6 Å². The Morgan fingerprint density at radius 3 is 2.83 bits per heavy atom. The SMILES string of the molecule is CCOC(=O)C1CCN(c2cnc(I)c(CCCOC)n2)CC1. The van der Waals surface area contributed by atoms with Gasteiger partial charge in [-0.1, -0.05) is 0 Å². The summed E-state index contributed by atoms with van der Waals surface area (Å²) in [6, 6.07) is 0. The van der Waals surface area contributed by atoms with E-state index < -0.39 is 0 Å². The number of ether oxygens (including phenoxy) is 2. The van der Waals surface area contributed by atoms with Gasteiger partial charge >= 0.3 is 5.97 Å². The van der Waals surface area contributed by atoms with E-state index in [1.807, 2.05) is 13.1 Å². The van der Waals surface area contributed by atoms with E-state index in [2.05, 4.69) is 32.5 Å². The van der Waals surface area contributed by atoms with Crippen LogP contribution in [0.2, 0.25) is 0 Å². The second-order valence-electron chi connectivity index (χ2n) is 5.58. The van der Waals surface area contributed by atoms with Crippen molar-refractivity contribution in [1.29, 1.82) is 0 Å². The smallest absolute Gasteiger partial charge is 0.309 e. The van der Waals surface area contributed by atoms with E-state index >= 15 is 0 Å². The number of halogens is 1. The summed E-state index contributed by atoms with van der Waals surface area (Å²) in [5.41, 5.74) is 1.02. The molecule has 1 aromatic rings. The van der Waals surface area contributed by atoms with Gasteiger partial charge in [0.25, 0.3) is 0 Å². The normalized spacial score (nSPS) is 15.7. The zero-order valence-electron chi connectivity index (χ0n) is 13.8. The Kier molecular flexibility index (Phi) is 7.48. The second-order valence-corrected chi connectivity index (χ2v) is 6.60. The van der Waals surface area contributed by atoms with Gasteiger partial charge in [0.2, 0.25) is 0 Å². The molecule has 0 aromatic carbocycles. The van der Waals surface area contributed by atoms with Crippen LogP contribution in [0.15, 0.2) is 6.20 Å². The lowest BCUT2D eigenvalue weighted by Gasteiger charge is -2.31. The number of anilines is 1. The van der Waals surface area contributed by atoms with E-state index in [1.54, 1.807) is 7.11 Å². The summed E-state index contributed by atoms with van der Waals surface area (Å²) in [4.78, 5) is 23.2. The van der Waals surface area contributed by atoms with Gasteiger partial charge in [0.05, 0.1) is 24.4 Å². The quantitative estimate of drug-likeness (QED) is 0.374. The maximum atomic E-state index is 11.8. The Bertz CT molecular complexity index is 519. The number of rotatable bonds is 7. The number of methoxy groups -OCH3 is 1. The van der Waals surface area contributed by atoms with Gasteiger partial charge in [-0.2, -0.15) is 0 Å². The molecule has 0 unspecified atom stereocenters. The number of carbonyl (C=O) groups is 1. The molecule has 0 atom stereocenters. The van der Waals surface area contributed by atoms with Crippen LogP contribution in [0.25, 0.3) is 0 Å². The molecule has 0 spiro atoms. The molecule has 1 aliphatic heterocycles. The molecular weight excluding hydrogens is 409 g/mol. The van der Waals surface area contributed by atoms with Crippen LogP contribution in [0.3, 0.4) is 0 Å². The Hall–Kier alpha value is -0.960. The Morgan fingerprint density at radius 2 is 2.17 bits per heavy atom. The summed E-state index contributed by atoms with van der Waals surface area (Å²) in [6.45, 7) is 4.66. The second kappa shape index (κ2) is 9.36. The van der Waals surface area contributed by atoms with Gasteiger partial charge in [0, 0.05) is 26.8 Å². The van der Waals surface area contributed by atoms with Crippen molar-refractivity contribution < 1.29 is 14.3 Å². The summed E-state index contributed by atoms with van der Waals surface area (Å²) in [5.74, 6) is 0.852. The molecule has 128 valence electrons. The molecule has 0 bridgehead atoms. The van der Waals surface area contributed by atoms with Gasteiger partial charge in [-0.15, -0.1) is 0 Å². The van der Waals surface area contributed by atoms with E-state index in [9.17, 15) is 4.79 Å². The number of hydrogen-bond donors (Lipinski definition) is 0. The van der Waals surface area contributed by atoms with Crippen molar-refractivity contribution >= 4 is 34.4 Å². The number of piperidine rings is 1. The number of carbonyl (C=O) groups excluding carboxylic acids is 1. The van der Waals surface area contributed by atoms with E-state index in [4.69, 9.17) is 14.5 Å². The molecule has 23 heavy (non-hydrogen) atoms. The first-order valence-corrected chi connectivity index (χ1v) is 9.15. The van der Waals surface area contributed by atoms with Gasteiger partial charge < -0.3 is 14.4 Å². The van der Waals surface area contributed by atoms with Crippen molar-refractivity contribution in [2.24, 2.45) is 5.92 Å². The number of hydrogen-bond acceptors (Lipinski definition) is 6. The van der Waals surface area contributed by atoms with Gasteiger partial charge in [-0.3, -0.25) is 4.79 Å². The molecule has 1 fully saturated rings. The van der Waals surface area contributed by atoms with Crippen molar-refractivity contribution in [1.82, 2.24) is 9.97 Å². The average molecular weight is 433 g/mol. The summed E-state index contributed by atoms with van der Waals surface area (Å²) >= 11 is 2.23. The number of aromatic nitrogens is 2. The largest absolute Gasteiger partial charge is 0.466 e. The summed E-state index contributed by atoms with van der Waals surface area (Å²) in [5, 5.41) is 0. The van der Waals surface area contributed by atoms with Crippen LogP contribution in [0, 0.1) is 9.62 Å². The van der Waals surface area contributed by atoms with Crippen LogP contribution >= 0.6 is 22.6 Å². The molecule has 1 aliphatic rings. The minimum Gasteiger partial charge on any atom is -0.466 e. The van der Waals surface area contributed by atoms with Crippen LogP contribution in [0.5, 0.6) is 0 Å². The van der Waals surface area contributed by atoms with Gasteiger partial charge in [-0.05, 0) is 55.2 Å². The molecule has 2 rings (SSSR count). The minimum atomic E-state index is -0.0684. The third-order valence-corrected chi connectivity index (χ3v) is 4.88. The summed E-state index contributed by atoms with van der Waals surface area (Å²) < 4.78 is 11.2. The molecular formula is C16H24IN3O3. The zero-order chi connectivity index (χ0) is 16.7. The minimum absolute atomic E-state index is 0.0178. The third kappa shape index (κ3) is 5.27. The lowest BCUT2D eigenvalue weighted by atomic mass is 9.97. The van der Waals surface area contributed by atoms with Crippen molar-refractivity contribution in [2.75, 3.05) is 38.3 Å². The van der Waals surface area contributed by atoms with Crippen LogP contribution < -0.4 is 4.90 Å². The van der Waals surface area contributed by atoms with E-state index in [0.717, 1.165) is 60.6 Å². The first kappa shape index (κ1) is 18.4. The highest BCUT2D eigenvalue weighted by molar-refractivity contribution is 14.1. The molecule has 6 nitrogen and oxygen atoms in total. The summed E-state index contributed by atoms with van der Waals surface area (Å²) in [6.07, 6.45) is 5.26. The van der Waals surface area contributed by atoms with Crippen LogP contribution in [-0.2, 0) is 20.7 Å². The van der Waals surface area contributed by atoms with Crippen molar-refractivity contribution in [3.63, 3.8) is 0 Å². The fraction of sp³-hybridized carbons (Fsp3) is 0.688. The molecule has 0 radical (unpaired) electrons. The highest BCUT2D eigenvalue weighted by Gasteiger charge is 2.26. The standard InChI is InChI=1S/C16H24IN3O3/c1-3-23-16(21)12-6-8-20(9-7-12)14-11-18-15(17)13(19-14)5-4-10-22-2/h11-12H,3-10H2,1-2H3. The van der Waals surface area contributed by atoms with Crippen molar-refractivity contribution in [3.8, 4) is 0 Å². The van der Waals surface area contributed by atoms with Crippen LogP contribution in [0.4, 0.5) is 5.82 Å². The first-order valence-electron chi connectivity index (χ1n) is 8.07. The average Bonchev–Trinajstić information content (AvgIpc) is 2.57. The molecule has 0 N–H and O–H groups in total. The van der Waals surface area contributed by atoms with E-state index in [-0.39, 0.29) is 11.9 Å². The van der Waals surface area contributed by atoms with Gasteiger partial charge in [-0.25, -0.2) is 9.97 Å². The molecule has 1 aromatic heterocycles. The molecule has 0 amide bonds. The molecule has 2 heterocycles. The molecule has 0 aliphatic carbocycles. The first-order chi connectivity index (χ1) is 11.2. The topological polar surface area (TPSA) is 64.5 Å². The lowest BCUT2D eigenvalue weighted by molar-refractivity contribution is -0.148. The zero-order valence-corrected chi connectivity index (χ0v) is 15.9. The monoisotopic (exact) mass is 433 g/mol. The highest BCUT2D eigenvalue weighted by atomic mass is 127. The fourth-order valence-electron chi connectivity index (χ4n) is 2.70. The molecule has 0 saturated carbocycles. The maximum absolute atomic E-state index is 11.8. The molecule has 1 saturated heterocycles. The van der Waals surface area contributed by atoms with Crippen LogP contribution in [-0.4, -0.2) is 49.4 Å². The fourth-order valence-corrected chi connectivity index (χ4v) is 3.23. The number of nitrogens with zero attached hydrogens (tertiary/aromatic N) is 3. The molecule has 7 heteroatoms. The lowest BCUT2D eigenvalue weighted by Crippen LogP contribution is -2.37. The van der Waals surface area contributed by atoms with E-state index in [0.29, 0.717) is 6.61 Å².